The van der Waals surface area contributed by atoms with E-state index >= 15 is 0 Å². The molecule has 0 aromatic heterocycles. The highest BCUT2D eigenvalue weighted by molar-refractivity contribution is 7.89. The van der Waals surface area contributed by atoms with Gasteiger partial charge in [-0.1, -0.05) is 13.8 Å². The molecule has 0 heterocycles. The summed E-state index contributed by atoms with van der Waals surface area (Å²) in [5, 5.41) is 2.83. The second kappa shape index (κ2) is 8.83. The summed E-state index contributed by atoms with van der Waals surface area (Å²) in [6, 6.07) is 4.80. The van der Waals surface area contributed by atoms with Gasteiger partial charge in [-0.15, -0.1) is 0 Å². The number of sulfonamides is 1. The summed E-state index contributed by atoms with van der Waals surface area (Å²) in [5.74, 6) is 0.0491. The van der Waals surface area contributed by atoms with E-state index in [0.717, 1.165) is 12.8 Å². The van der Waals surface area contributed by atoms with Gasteiger partial charge in [0.2, 0.25) is 15.9 Å². The van der Waals surface area contributed by atoms with Crippen LogP contribution in [0.15, 0.2) is 23.1 Å². The van der Waals surface area contributed by atoms with Gasteiger partial charge in [-0.25, -0.2) is 8.42 Å². The summed E-state index contributed by atoms with van der Waals surface area (Å²) in [5.41, 5.74) is 6.32. The molecule has 0 radical (unpaired) electrons. The van der Waals surface area contributed by atoms with Crippen molar-refractivity contribution in [3.8, 4) is 5.75 Å². The minimum Gasteiger partial charge on any atom is -0.492 e. The second-order valence-electron chi connectivity index (χ2n) is 6.44. The van der Waals surface area contributed by atoms with Gasteiger partial charge in [0.05, 0.1) is 6.61 Å². The predicted octanol–water partition coefficient (Wildman–Crippen LogP) is 2.18. The molecule has 1 amide bonds. The summed E-state index contributed by atoms with van der Waals surface area (Å²) in [6.07, 6.45) is 2.26. The number of rotatable bonds is 8. The molecule has 2 unspecified atom stereocenters. The van der Waals surface area contributed by atoms with Crippen molar-refractivity contribution in [2.24, 2.45) is 11.7 Å². The van der Waals surface area contributed by atoms with Crippen LogP contribution in [0.4, 0.5) is 5.69 Å². The smallest absolute Gasteiger partial charge is 0.246 e. The Morgan fingerprint density at radius 1 is 1.27 bits per heavy atom. The maximum absolute atomic E-state index is 12.9. The third-order valence-electron chi connectivity index (χ3n) is 4.68. The van der Waals surface area contributed by atoms with Gasteiger partial charge in [0.15, 0.2) is 0 Å². The van der Waals surface area contributed by atoms with Crippen molar-refractivity contribution in [1.29, 1.82) is 0 Å². The number of nitrogens with two attached hydrogens (primary N) is 1. The average molecular weight is 384 g/mol. The number of amides is 1. The lowest BCUT2D eigenvalue weighted by molar-refractivity contribution is -0.119. The Bertz CT molecular complexity index is 732. The number of nitrogens with zero attached hydrogens (tertiary/aromatic N) is 1. The molecule has 1 saturated carbocycles. The molecular formula is C18H29N3O4S. The molecule has 3 N–H and O–H groups in total. The molecule has 0 spiro atoms. The van der Waals surface area contributed by atoms with Crippen LogP contribution in [-0.4, -0.2) is 44.4 Å². The maximum Gasteiger partial charge on any atom is 0.246 e. The van der Waals surface area contributed by atoms with Gasteiger partial charge in [0, 0.05) is 30.7 Å². The Balaban J connectivity index is 2.31. The van der Waals surface area contributed by atoms with Gasteiger partial charge in [-0.2, -0.15) is 4.31 Å². The van der Waals surface area contributed by atoms with Crippen molar-refractivity contribution in [1.82, 2.24) is 4.31 Å². The van der Waals surface area contributed by atoms with Crippen LogP contribution < -0.4 is 15.8 Å². The quantitative estimate of drug-likeness (QED) is 0.716. The summed E-state index contributed by atoms with van der Waals surface area (Å²) in [6.45, 7) is 6.45. The molecule has 2 atom stereocenters. The topological polar surface area (TPSA) is 102 Å². The third-order valence-corrected chi connectivity index (χ3v) is 6.75. The predicted molar refractivity (Wildman–Crippen MR) is 102 cm³/mol. The lowest BCUT2D eigenvalue weighted by Gasteiger charge is -2.21. The monoisotopic (exact) mass is 383 g/mol. The highest BCUT2D eigenvalue weighted by Crippen LogP contribution is 2.31. The molecule has 7 nitrogen and oxygen atoms in total. The average Bonchev–Trinajstić information content (AvgIpc) is 3.04. The van der Waals surface area contributed by atoms with Crippen LogP contribution in [0.5, 0.6) is 5.75 Å². The molecule has 26 heavy (non-hydrogen) atoms. The molecule has 8 heteroatoms. The fourth-order valence-corrected chi connectivity index (χ4v) is 4.88. The van der Waals surface area contributed by atoms with Crippen LogP contribution in [0.1, 0.15) is 40.0 Å². The number of carbonyl (C=O) groups is 1. The number of anilines is 1. The van der Waals surface area contributed by atoms with E-state index in [1.807, 2.05) is 0 Å². The van der Waals surface area contributed by atoms with Crippen LogP contribution in [0.25, 0.3) is 0 Å². The Hall–Kier alpha value is -1.64. The Morgan fingerprint density at radius 3 is 2.50 bits per heavy atom. The number of hydrogen-bond acceptors (Lipinski definition) is 5. The van der Waals surface area contributed by atoms with Crippen molar-refractivity contribution in [3.05, 3.63) is 18.2 Å². The normalized spacial score (nSPS) is 20.3. The Morgan fingerprint density at radius 2 is 1.96 bits per heavy atom. The first kappa shape index (κ1) is 20.7. The summed E-state index contributed by atoms with van der Waals surface area (Å²) < 4.78 is 32.8. The minimum absolute atomic E-state index is 0.0599. The van der Waals surface area contributed by atoms with Gasteiger partial charge in [-0.05, 0) is 44.4 Å². The van der Waals surface area contributed by atoms with E-state index in [1.54, 1.807) is 32.9 Å². The van der Waals surface area contributed by atoms with Crippen molar-refractivity contribution in [2.75, 3.05) is 25.0 Å². The van der Waals surface area contributed by atoms with E-state index in [9.17, 15) is 13.2 Å². The van der Waals surface area contributed by atoms with Crippen molar-refractivity contribution < 1.29 is 17.9 Å². The summed E-state index contributed by atoms with van der Waals surface area (Å²) >= 11 is 0. The first-order chi connectivity index (χ1) is 12.3. The molecule has 2 rings (SSSR count). The maximum atomic E-state index is 12.9. The third kappa shape index (κ3) is 4.55. The zero-order chi connectivity index (χ0) is 19.3. The van der Waals surface area contributed by atoms with Gasteiger partial charge in [0.25, 0.3) is 0 Å². The van der Waals surface area contributed by atoms with Crippen LogP contribution in [0.3, 0.4) is 0 Å². The Labute approximate surface area is 155 Å². The van der Waals surface area contributed by atoms with Crippen LogP contribution in [0, 0.1) is 5.92 Å². The molecule has 0 bridgehead atoms. The fourth-order valence-electron chi connectivity index (χ4n) is 3.26. The minimum atomic E-state index is -3.70. The molecule has 1 fully saturated rings. The molecule has 0 aliphatic heterocycles. The zero-order valence-electron chi connectivity index (χ0n) is 15.7. The first-order valence-electron chi connectivity index (χ1n) is 9.16. The number of hydrogen-bond donors (Lipinski definition) is 2. The molecular weight excluding hydrogens is 354 g/mol. The van der Waals surface area contributed by atoms with Crippen LogP contribution in [-0.2, 0) is 14.8 Å². The van der Waals surface area contributed by atoms with Crippen LogP contribution >= 0.6 is 0 Å². The highest BCUT2D eigenvalue weighted by atomic mass is 32.2. The highest BCUT2D eigenvalue weighted by Gasteiger charge is 2.29. The first-order valence-corrected chi connectivity index (χ1v) is 10.6. The number of nitrogens with one attached hydrogen (secondary N) is 1. The molecule has 0 saturated heterocycles. The van der Waals surface area contributed by atoms with Gasteiger partial charge < -0.3 is 15.8 Å². The van der Waals surface area contributed by atoms with Gasteiger partial charge >= 0.3 is 0 Å². The van der Waals surface area contributed by atoms with E-state index in [-0.39, 0.29) is 22.8 Å². The van der Waals surface area contributed by atoms with E-state index in [2.05, 4.69) is 5.32 Å². The van der Waals surface area contributed by atoms with E-state index in [1.165, 1.54) is 10.4 Å². The standard InChI is InChI=1S/C18H29N3O4S/c1-4-21(5-2)26(23,24)17-12-15(9-10-16(17)25-6-3)20-18(22)13-7-8-14(19)11-13/h9-10,12-14H,4-8,11,19H2,1-3H3,(H,20,22). The number of benzene rings is 1. The Kier molecular flexibility index (Phi) is 7.02. The largest absolute Gasteiger partial charge is 0.492 e. The van der Waals surface area contributed by atoms with Gasteiger partial charge in [-0.3, -0.25) is 4.79 Å². The van der Waals surface area contributed by atoms with Gasteiger partial charge in [0.1, 0.15) is 10.6 Å². The van der Waals surface area contributed by atoms with Crippen LogP contribution in [0.2, 0.25) is 0 Å². The van der Waals surface area contributed by atoms with Crippen molar-refractivity contribution in [3.63, 3.8) is 0 Å². The summed E-state index contributed by atoms with van der Waals surface area (Å²) in [4.78, 5) is 12.5. The molecule has 1 aliphatic carbocycles. The van der Waals surface area contributed by atoms with Crippen molar-refractivity contribution >= 4 is 21.6 Å². The lowest BCUT2D eigenvalue weighted by atomic mass is 10.1. The van der Waals surface area contributed by atoms with E-state index < -0.39 is 10.0 Å². The molecule has 1 aromatic rings. The summed E-state index contributed by atoms with van der Waals surface area (Å²) in [7, 11) is -3.70. The van der Waals surface area contributed by atoms with E-state index in [0.29, 0.717) is 37.6 Å². The molecule has 1 aromatic carbocycles. The molecule has 1 aliphatic rings. The molecule has 146 valence electrons. The van der Waals surface area contributed by atoms with E-state index in [4.69, 9.17) is 10.5 Å². The lowest BCUT2D eigenvalue weighted by Crippen LogP contribution is -2.31. The van der Waals surface area contributed by atoms with Crippen molar-refractivity contribution in [2.45, 2.75) is 51.0 Å². The number of carbonyl (C=O) groups excluding carboxylic acids is 1. The fraction of sp³-hybridized carbons (Fsp3) is 0.611. The zero-order valence-corrected chi connectivity index (χ0v) is 16.5. The SMILES string of the molecule is CCOc1ccc(NC(=O)C2CCC(N)C2)cc1S(=O)(=O)N(CC)CC. The second-order valence-corrected chi connectivity index (χ2v) is 8.35. The number of ether oxygens (including phenoxy) is 1.